The van der Waals surface area contributed by atoms with Gasteiger partial charge < -0.3 is 34.6 Å². The number of hydrogen-bond donors (Lipinski definition) is 2. The van der Waals surface area contributed by atoms with Gasteiger partial charge in [-0.15, -0.1) is 0 Å². The molecule has 0 aromatic carbocycles. The fraction of sp³-hybridized carbons (Fsp3) is 0.545. The van der Waals surface area contributed by atoms with Crippen LogP contribution >= 0.6 is 0 Å². The Morgan fingerprint density at radius 3 is 2.54 bits per heavy atom. The highest BCUT2D eigenvalue weighted by atomic mass is 16.7. The zero-order valence-electron chi connectivity index (χ0n) is 28.0. The fourth-order valence-electron chi connectivity index (χ4n) is 4.75. The van der Waals surface area contributed by atoms with Crippen molar-refractivity contribution in [3.63, 3.8) is 0 Å². The topological polar surface area (TPSA) is 156 Å². The quantitative estimate of drug-likeness (QED) is 0.330. The molecule has 1 aliphatic heterocycles. The Labute approximate surface area is 270 Å². The molecule has 3 aromatic rings. The molecule has 0 bridgehead atoms. The SMILES string of the molecule is CN(C(=O)OC(C)(C)C)c1nc(N)c(C#Cc2cccc([C@H](CCOC3CCCCO3)NC(=O)OC(C)(C)C)n2)c2c1ncn2C. The molecule has 13 nitrogen and oxygen atoms in total. The number of aryl methyl sites for hydroxylation is 1. The number of nitrogen functional groups attached to an aromatic ring is 1. The Bertz CT molecular complexity index is 1610. The highest BCUT2D eigenvalue weighted by molar-refractivity contribution is 6.00. The number of imidazole rings is 1. The molecule has 2 atom stereocenters. The number of carbonyl (C=O) groups excluding carboxylic acids is 2. The molecule has 4 heterocycles. The molecule has 0 radical (unpaired) electrons. The number of anilines is 2. The minimum absolute atomic E-state index is 0.122. The number of amides is 2. The van der Waals surface area contributed by atoms with E-state index in [-0.39, 0.29) is 17.9 Å². The van der Waals surface area contributed by atoms with E-state index in [1.54, 1.807) is 44.8 Å². The third-order valence-corrected chi connectivity index (χ3v) is 6.84. The van der Waals surface area contributed by atoms with Crippen molar-refractivity contribution in [2.24, 2.45) is 7.05 Å². The van der Waals surface area contributed by atoms with Crippen LogP contribution in [-0.4, -0.2) is 69.5 Å². The second-order valence-electron chi connectivity index (χ2n) is 13.1. The van der Waals surface area contributed by atoms with E-state index in [4.69, 9.17) is 29.7 Å². The van der Waals surface area contributed by atoms with Gasteiger partial charge in [-0.05, 0) is 85.3 Å². The van der Waals surface area contributed by atoms with Crippen LogP contribution in [0.25, 0.3) is 11.0 Å². The third kappa shape index (κ3) is 9.31. The molecule has 13 heteroatoms. The monoisotopic (exact) mass is 635 g/mol. The van der Waals surface area contributed by atoms with Crippen LogP contribution in [0.1, 0.15) is 90.2 Å². The number of pyridine rings is 2. The summed E-state index contributed by atoms with van der Waals surface area (Å²) in [5.41, 5.74) is 7.59. The second kappa shape index (κ2) is 14.3. The van der Waals surface area contributed by atoms with Gasteiger partial charge in [-0.2, -0.15) is 0 Å². The zero-order valence-corrected chi connectivity index (χ0v) is 28.0. The van der Waals surface area contributed by atoms with Gasteiger partial charge in [-0.25, -0.2) is 24.5 Å². The maximum Gasteiger partial charge on any atom is 0.415 e. The molecule has 1 fully saturated rings. The molecule has 4 rings (SSSR count). The predicted octanol–water partition coefficient (Wildman–Crippen LogP) is 5.22. The van der Waals surface area contributed by atoms with Crippen molar-refractivity contribution in [2.75, 3.05) is 30.9 Å². The molecule has 0 spiro atoms. The van der Waals surface area contributed by atoms with E-state index in [0.717, 1.165) is 19.3 Å². The minimum Gasteiger partial charge on any atom is -0.444 e. The van der Waals surface area contributed by atoms with Crippen LogP contribution < -0.4 is 16.0 Å². The summed E-state index contributed by atoms with van der Waals surface area (Å²) >= 11 is 0. The van der Waals surface area contributed by atoms with Gasteiger partial charge >= 0.3 is 12.2 Å². The first-order valence-electron chi connectivity index (χ1n) is 15.4. The summed E-state index contributed by atoms with van der Waals surface area (Å²) in [5.74, 6) is 6.57. The van der Waals surface area contributed by atoms with E-state index in [0.29, 0.717) is 47.6 Å². The molecule has 3 N–H and O–H groups in total. The van der Waals surface area contributed by atoms with Crippen molar-refractivity contribution in [1.82, 2.24) is 24.8 Å². The lowest BCUT2D eigenvalue weighted by Gasteiger charge is -2.25. The van der Waals surface area contributed by atoms with Crippen LogP contribution in [0.2, 0.25) is 0 Å². The number of fused-ring (bicyclic) bond motifs is 1. The zero-order chi connectivity index (χ0) is 33.6. The molecular weight excluding hydrogens is 590 g/mol. The summed E-state index contributed by atoms with van der Waals surface area (Å²) in [6, 6.07) is 4.91. The van der Waals surface area contributed by atoms with Crippen LogP contribution in [0, 0.1) is 11.8 Å². The molecule has 2 amide bonds. The number of rotatable bonds is 7. The summed E-state index contributed by atoms with van der Waals surface area (Å²) in [6.07, 6.45) is 3.59. The van der Waals surface area contributed by atoms with Crippen LogP contribution in [0.15, 0.2) is 24.5 Å². The first-order valence-corrected chi connectivity index (χ1v) is 15.4. The molecule has 1 unspecified atom stereocenters. The molecule has 1 aliphatic rings. The maximum absolute atomic E-state index is 12.8. The Kier molecular flexibility index (Phi) is 10.7. The van der Waals surface area contributed by atoms with E-state index in [1.807, 2.05) is 40.0 Å². The summed E-state index contributed by atoms with van der Waals surface area (Å²) in [7, 11) is 3.36. The van der Waals surface area contributed by atoms with Crippen LogP contribution in [0.3, 0.4) is 0 Å². The minimum atomic E-state index is -0.689. The highest BCUT2D eigenvalue weighted by Gasteiger charge is 2.26. The predicted molar refractivity (Wildman–Crippen MR) is 174 cm³/mol. The first-order chi connectivity index (χ1) is 21.6. The van der Waals surface area contributed by atoms with Gasteiger partial charge in [0.1, 0.15) is 28.2 Å². The fourth-order valence-corrected chi connectivity index (χ4v) is 4.75. The van der Waals surface area contributed by atoms with Crippen LogP contribution in [-0.2, 0) is 26.0 Å². The smallest absolute Gasteiger partial charge is 0.415 e. The Morgan fingerprint density at radius 1 is 1.13 bits per heavy atom. The Hall–Kier alpha value is -4.41. The number of ether oxygens (including phenoxy) is 4. The van der Waals surface area contributed by atoms with Crippen molar-refractivity contribution < 1.29 is 28.5 Å². The molecule has 0 saturated carbocycles. The van der Waals surface area contributed by atoms with E-state index < -0.39 is 29.4 Å². The summed E-state index contributed by atoms with van der Waals surface area (Å²) in [6.45, 7) is 11.8. The molecule has 1 saturated heterocycles. The lowest BCUT2D eigenvalue weighted by Crippen LogP contribution is -2.36. The van der Waals surface area contributed by atoms with Crippen molar-refractivity contribution in [2.45, 2.75) is 90.8 Å². The molecular formula is C33H45N7O6. The number of nitrogens with two attached hydrogens (primary N) is 1. The highest BCUT2D eigenvalue weighted by Crippen LogP contribution is 2.30. The first kappa shape index (κ1) is 34.5. The summed E-state index contributed by atoms with van der Waals surface area (Å²) in [4.78, 5) is 40.5. The maximum atomic E-state index is 12.8. The van der Waals surface area contributed by atoms with Gasteiger partial charge in [0, 0.05) is 20.7 Å². The van der Waals surface area contributed by atoms with Crippen molar-refractivity contribution >= 4 is 34.9 Å². The van der Waals surface area contributed by atoms with E-state index in [9.17, 15) is 9.59 Å². The van der Waals surface area contributed by atoms with Crippen LogP contribution in [0.5, 0.6) is 0 Å². The Balaban J connectivity index is 1.61. The standard InChI is InChI=1S/C33H45N7O6/c1-32(2,3)45-30(41)37-24(17-19-44-25-14-9-10-18-43-25)23-13-11-12-21(36-23)15-16-22-27-26(35-20-39(27)7)29(38-28(22)34)40(8)31(42)46-33(4,5)6/h11-13,20,24-25H,9-10,14,17-19H2,1-8H3,(H2,34,38)(H,37,41)/t24-,25?/m0/s1. The number of nitrogens with zero attached hydrogens (tertiary/aromatic N) is 5. The van der Waals surface area contributed by atoms with Gasteiger partial charge in [0.15, 0.2) is 12.1 Å². The Morgan fingerprint density at radius 2 is 1.87 bits per heavy atom. The van der Waals surface area contributed by atoms with Gasteiger partial charge in [-0.1, -0.05) is 12.0 Å². The average Bonchev–Trinajstić information content (AvgIpc) is 3.35. The molecule has 0 aliphatic carbocycles. The number of aromatic nitrogens is 4. The van der Waals surface area contributed by atoms with E-state index in [2.05, 4.69) is 27.1 Å². The summed E-state index contributed by atoms with van der Waals surface area (Å²) < 4.78 is 24.4. The number of carbonyl (C=O) groups is 2. The van der Waals surface area contributed by atoms with E-state index >= 15 is 0 Å². The van der Waals surface area contributed by atoms with Gasteiger partial charge in [0.05, 0.1) is 35.8 Å². The third-order valence-electron chi connectivity index (χ3n) is 6.84. The number of hydrogen-bond acceptors (Lipinski definition) is 10. The lowest BCUT2D eigenvalue weighted by atomic mass is 10.1. The number of nitrogens with one attached hydrogen (secondary N) is 1. The molecule has 3 aromatic heterocycles. The van der Waals surface area contributed by atoms with E-state index in [1.165, 1.54) is 4.90 Å². The largest absolute Gasteiger partial charge is 0.444 e. The second-order valence-corrected chi connectivity index (χ2v) is 13.1. The average molecular weight is 636 g/mol. The van der Waals surface area contributed by atoms with Crippen molar-refractivity contribution in [1.29, 1.82) is 0 Å². The number of alkyl carbamates (subject to hydrolysis) is 1. The molecule has 46 heavy (non-hydrogen) atoms. The van der Waals surface area contributed by atoms with Crippen molar-refractivity contribution in [3.05, 3.63) is 41.5 Å². The van der Waals surface area contributed by atoms with Gasteiger partial charge in [0.2, 0.25) is 0 Å². The van der Waals surface area contributed by atoms with Crippen LogP contribution in [0.4, 0.5) is 21.2 Å². The van der Waals surface area contributed by atoms with Crippen molar-refractivity contribution in [3.8, 4) is 11.8 Å². The lowest BCUT2D eigenvalue weighted by molar-refractivity contribution is -0.163. The van der Waals surface area contributed by atoms with Gasteiger partial charge in [0.25, 0.3) is 0 Å². The summed E-state index contributed by atoms with van der Waals surface area (Å²) in [5, 5.41) is 2.93. The van der Waals surface area contributed by atoms with Gasteiger partial charge in [-0.3, -0.25) is 4.90 Å². The molecule has 248 valence electrons. The normalized spacial score (nSPS) is 15.9.